The molecule has 1 aliphatic rings. The molecule has 1 atom stereocenters. The quantitative estimate of drug-likeness (QED) is 0.265. The van der Waals surface area contributed by atoms with Crippen molar-refractivity contribution < 1.29 is 31.1 Å². The number of ether oxygens (including phenoxy) is 1. The minimum atomic E-state index is -4.84. The van der Waals surface area contributed by atoms with Crippen LogP contribution in [0.1, 0.15) is 53.4 Å². The summed E-state index contributed by atoms with van der Waals surface area (Å²) in [6.07, 6.45) is -0.540. The molecule has 0 spiro atoms. The van der Waals surface area contributed by atoms with Gasteiger partial charge in [0, 0.05) is 5.56 Å². The van der Waals surface area contributed by atoms with Gasteiger partial charge in [0.25, 0.3) is 0 Å². The number of rotatable bonds is 7. The number of alkyl halides is 3. The Balaban J connectivity index is 1.85. The van der Waals surface area contributed by atoms with Gasteiger partial charge in [0.15, 0.2) is 5.69 Å². The van der Waals surface area contributed by atoms with E-state index in [-0.39, 0.29) is 17.9 Å². The first kappa shape index (κ1) is 29.3. The Morgan fingerprint density at radius 1 is 1.20 bits per heavy atom. The van der Waals surface area contributed by atoms with Gasteiger partial charge in [-0.15, -0.1) is 0 Å². The maximum absolute atomic E-state index is 13.9. The van der Waals surface area contributed by atoms with Crippen molar-refractivity contribution in [3.63, 3.8) is 0 Å². The molecule has 1 aliphatic carbocycles. The maximum atomic E-state index is 13.9. The fourth-order valence-corrected chi connectivity index (χ4v) is 5.47. The number of carbonyl (C=O) groups is 1. The molecule has 212 valence electrons. The molecule has 40 heavy (non-hydrogen) atoms. The molecule has 2 aromatic carbocycles. The lowest BCUT2D eigenvalue weighted by Crippen LogP contribution is -2.21. The molecule has 4 rings (SSSR count). The first-order valence-corrected chi connectivity index (χ1v) is 14.1. The highest BCUT2D eigenvalue weighted by Gasteiger charge is 2.37. The van der Waals surface area contributed by atoms with E-state index in [1.165, 1.54) is 12.1 Å². The fourth-order valence-electron chi connectivity index (χ4n) is 4.73. The van der Waals surface area contributed by atoms with E-state index in [0.29, 0.717) is 23.5 Å². The smallest absolute Gasteiger partial charge is 0.435 e. The third-order valence-corrected chi connectivity index (χ3v) is 7.94. The van der Waals surface area contributed by atoms with E-state index in [9.17, 15) is 26.4 Å². The van der Waals surface area contributed by atoms with Crippen molar-refractivity contribution in [3.8, 4) is 16.9 Å². The molecule has 11 heteroatoms. The predicted molar refractivity (Wildman–Crippen MR) is 145 cm³/mol. The van der Waals surface area contributed by atoms with Crippen LogP contribution in [-0.2, 0) is 20.9 Å². The second-order valence-electron chi connectivity index (χ2n) is 10.1. The van der Waals surface area contributed by atoms with Crippen molar-refractivity contribution in [2.75, 3.05) is 6.61 Å². The van der Waals surface area contributed by atoms with Crippen molar-refractivity contribution in [1.82, 2.24) is 9.78 Å². The molecule has 3 aromatic rings. The lowest BCUT2D eigenvalue weighted by atomic mass is 9.86. The first-order valence-electron chi connectivity index (χ1n) is 12.6. The highest BCUT2D eigenvalue weighted by atomic mass is 32.2. The third-order valence-electron chi connectivity index (χ3n) is 7.00. The number of hydrogen-bond donors (Lipinski definition) is 1. The summed E-state index contributed by atoms with van der Waals surface area (Å²) in [5, 5.41) is 9.20. The van der Waals surface area contributed by atoms with Gasteiger partial charge in [-0.3, -0.25) is 0 Å². The number of benzene rings is 2. The highest BCUT2D eigenvalue weighted by Crippen LogP contribution is 2.37. The molecule has 1 unspecified atom stereocenters. The molecule has 0 saturated carbocycles. The number of esters is 1. The molecule has 1 heterocycles. The minimum Gasteiger partial charge on any atom is -0.458 e. The Morgan fingerprint density at radius 3 is 2.52 bits per heavy atom. The average molecular weight is 574 g/mol. The monoisotopic (exact) mass is 573 g/mol. The summed E-state index contributed by atoms with van der Waals surface area (Å²) < 4.78 is 73.2. The van der Waals surface area contributed by atoms with Crippen LogP contribution in [-0.4, -0.2) is 30.8 Å². The summed E-state index contributed by atoms with van der Waals surface area (Å²) in [5.41, 5.74) is 1.72. The van der Waals surface area contributed by atoms with Crippen LogP contribution in [0.4, 0.5) is 13.2 Å². The number of para-hydroxylation sites is 1. The molecule has 0 amide bonds. The Labute approximate surface area is 231 Å². The van der Waals surface area contributed by atoms with Gasteiger partial charge in [-0.1, -0.05) is 42.0 Å². The summed E-state index contributed by atoms with van der Waals surface area (Å²) in [6, 6.07) is 9.68. The lowest BCUT2D eigenvalue weighted by molar-refractivity contribution is -0.141. The molecule has 0 radical (unpaired) electrons. The van der Waals surface area contributed by atoms with E-state index in [2.05, 4.69) is 11.7 Å². The SMILES string of the molecule is C=C(C)C1CC=C(COC(=O)c2cccc(S(N)(=O)=O)c2-n2nc(C(F)(F)F)cc2-c2cc(C)ccc2C)CC1. The number of nitrogens with zero attached hydrogens (tertiary/aromatic N) is 2. The van der Waals surface area contributed by atoms with E-state index < -0.39 is 38.4 Å². The second-order valence-corrected chi connectivity index (χ2v) is 11.6. The molecule has 2 N–H and O–H groups in total. The number of primary sulfonamides is 1. The predicted octanol–water partition coefficient (Wildman–Crippen LogP) is 6.28. The zero-order chi connectivity index (χ0) is 29.4. The van der Waals surface area contributed by atoms with Crippen LogP contribution < -0.4 is 5.14 Å². The van der Waals surface area contributed by atoms with Crippen molar-refractivity contribution in [1.29, 1.82) is 0 Å². The van der Waals surface area contributed by atoms with Crippen LogP contribution in [0.3, 0.4) is 0 Å². The number of allylic oxidation sites excluding steroid dienone is 2. The second kappa shape index (κ2) is 11.1. The number of aryl methyl sites for hydroxylation is 2. The molecule has 7 nitrogen and oxygen atoms in total. The maximum Gasteiger partial charge on any atom is 0.435 e. The number of nitrogens with two attached hydrogens (primary N) is 1. The average Bonchev–Trinajstić information content (AvgIpc) is 3.33. The summed E-state index contributed by atoms with van der Waals surface area (Å²) in [6.45, 7) is 9.39. The van der Waals surface area contributed by atoms with Gasteiger partial charge in [0.2, 0.25) is 10.0 Å². The number of hydrogen-bond acceptors (Lipinski definition) is 5. The zero-order valence-electron chi connectivity index (χ0n) is 22.4. The van der Waals surface area contributed by atoms with Crippen LogP contribution >= 0.6 is 0 Å². The van der Waals surface area contributed by atoms with E-state index in [4.69, 9.17) is 9.88 Å². The Kier molecular flexibility index (Phi) is 8.09. The molecule has 0 saturated heterocycles. The standard InChI is InChI=1S/C29H30F3N3O4S/c1-17(2)21-12-10-20(11-13-21)16-39-28(36)22-6-5-7-25(40(33,37)38)27(22)35-24(15-26(34-35)29(30,31)32)23-14-18(3)8-9-19(23)4/h5-10,14-15,21H,1,11-13,16H2,2-4H3,(H2,33,37,38). The van der Waals surface area contributed by atoms with Crippen molar-refractivity contribution in [2.45, 2.75) is 51.1 Å². The van der Waals surface area contributed by atoms with Crippen LogP contribution in [0.25, 0.3) is 16.9 Å². The highest BCUT2D eigenvalue weighted by molar-refractivity contribution is 7.89. The van der Waals surface area contributed by atoms with E-state index in [0.717, 1.165) is 46.4 Å². The Bertz CT molecular complexity index is 1620. The largest absolute Gasteiger partial charge is 0.458 e. The molecule has 0 fully saturated rings. The van der Waals surface area contributed by atoms with E-state index >= 15 is 0 Å². The molecule has 0 bridgehead atoms. The topological polar surface area (TPSA) is 104 Å². The molecular formula is C29H30F3N3O4S. The van der Waals surface area contributed by atoms with Crippen LogP contribution in [0.15, 0.2) is 71.2 Å². The number of carbonyl (C=O) groups excluding carboxylic acids is 1. The van der Waals surface area contributed by atoms with Gasteiger partial charge < -0.3 is 4.74 Å². The lowest BCUT2D eigenvalue weighted by Gasteiger charge is -2.22. The summed E-state index contributed by atoms with van der Waals surface area (Å²) in [4.78, 5) is 12.8. The van der Waals surface area contributed by atoms with Gasteiger partial charge in [0.05, 0.1) is 16.9 Å². The summed E-state index contributed by atoms with van der Waals surface area (Å²) >= 11 is 0. The Morgan fingerprint density at radius 2 is 1.93 bits per heavy atom. The van der Waals surface area contributed by atoms with Crippen LogP contribution in [0.2, 0.25) is 0 Å². The van der Waals surface area contributed by atoms with Crippen molar-refractivity contribution >= 4 is 16.0 Å². The third kappa shape index (κ3) is 6.20. The van der Waals surface area contributed by atoms with Gasteiger partial charge >= 0.3 is 12.1 Å². The van der Waals surface area contributed by atoms with E-state index in [1.54, 1.807) is 32.0 Å². The normalized spacial score (nSPS) is 16.0. The van der Waals surface area contributed by atoms with Gasteiger partial charge in [-0.2, -0.15) is 18.3 Å². The molecule has 0 aliphatic heterocycles. The number of aromatic nitrogens is 2. The van der Waals surface area contributed by atoms with E-state index in [1.807, 2.05) is 13.0 Å². The fraction of sp³-hybridized carbons (Fsp3) is 0.310. The van der Waals surface area contributed by atoms with Gasteiger partial charge in [0.1, 0.15) is 11.5 Å². The van der Waals surface area contributed by atoms with Crippen LogP contribution in [0.5, 0.6) is 0 Å². The van der Waals surface area contributed by atoms with Gasteiger partial charge in [-0.25, -0.2) is 23.0 Å². The van der Waals surface area contributed by atoms with Crippen molar-refractivity contribution in [2.24, 2.45) is 11.1 Å². The Hall–Kier alpha value is -3.70. The molecular weight excluding hydrogens is 543 g/mol. The molecule has 1 aromatic heterocycles. The first-order chi connectivity index (χ1) is 18.7. The van der Waals surface area contributed by atoms with Gasteiger partial charge in [-0.05, 0) is 81.4 Å². The summed E-state index contributed by atoms with van der Waals surface area (Å²) in [7, 11) is -4.50. The minimum absolute atomic E-state index is 0.0441. The number of sulfonamides is 1. The zero-order valence-corrected chi connectivity index (χ0v) is 23.2. The summed E-state index contributed by atoms with van der Waals surface area (Å²) in [5.74, 6) is -0.567. The van der Waals surface area contributed by atoms with Crippen LogP contribution in [0, 0.1) is 19.8 Å². The number of halogens is 3. The van der Waals surface area contributed by atoms with Crippen molar-refractivity contribution in [3.05, 3.63) is 88.7 Å².